The van der Waals surface area contributed by atoms with Gasteiger partial charge >= 0.3 is 0 Å². The van der Waals surface area contributed by atoms with Crippen LogP contribution in [0.4, 0.5) is 5.69 Å². The third-order valence-corrected chi connectivity index (χ3v) is 5.73. The lowest BCUT2D eigenvalue weighted by Gasteiger charge is -2.16. The second kappa shape index (κ2) is 7.50. The van der Waals surface area contributed by atoms with Crippen LogP contribution in [0.25, 0.3) is 4.96 Å². The minimum atomic E-state index is -0.881. The zero-order valence-electron chi connectivity index (χ0n) is 15.1. The Morgan fingerprint density at radius 2 is 2.00 bits per heavy atom. The van der Waals surface area contributed by atoms with E-state index < -0.39 is 12.0 Å². The second-order valence-electron chi connectivity index (χ2n) is 6.06. The Morgan fingerprint density at radius 1 is 1.30 bits per heavy atom. The molecule has 27 heavy (non-hydrogen) atoms. The quantitative estimate of drug-likeness (QED) is 0.672. The van der Waals surface area contributed by atoms with Crippen molar-refractivity contribution in [3.63, 3.8) is 0 Å². The first-order valence-electron chi connectivity index (χ1n) is 8.11. The van der Waals surface area contributed by atoms with Crippen LogP contribution >= 0.6 is 34.5 Å². The van der Waals surface area contributed by atoms with Crippen molar-refractivity contribution < 1.29 is 9.53 Å². The predicted molar refractivity (Wildman–Crippen MR) is 109 cm³/mol. The van der Waals surface area contributed by atoms with Gasteiger partial charge in [-0.25, -0.2) is 4.98 Å². The molecule has 3 aromatic rings. The highest BCUT2D eigenvalue weighted by atomic mass is 35.5. The van der Waals surface area contributed by atoms with Gasteiger partial charge in [-0.15, -0.1) is 11.3 Å². The van der Waals surface area contributed by atoms with Crippen molar-refractivity contribution in [2.24, 2.45) is 0 Å². The SMILES string of the molecule is Cc1nc2sc(C)c(C)n2c(=O)c1NC(=O)[C@@H](C)Oc1ccc(Cl)cc1Cl. The van der Waals surface area contributed by atoms with Gasteiger partial charge in [0, 0.05) is 15.6 Å². The lowest BCUT2D eigenvalue weighted by Crippen LogP contribution is -2.33. The number of thiazole rings is 1. The molecule has 1 N–H and O–H groups in total. The lowest BCUT2D eigenvalue weighted by atomic mass is 10.3. The largest absolute Gasteiger partial charge is 0.479 e. The molecule has 142 valence electrons. The van der Waals surface area contributed by atoms with Crippen molar-refractivity contribution in [2.45, 2.75) is 33.8 Å². The third kappa shape index (κ3) is 3.81. The molecule has 0 fully saturated rings. The Kier molecular flexibility index (Phi) is 5.46. The van der Waals surface area contributed by atoms with Crippen molar-refractivity contribution >= 4 is 51.1 Å². The molecule has 2 aromatic heterocycles. The summed E-state index contributed by atoms with van der Waals surface area (Å²) in [6.07, 6.45) is -0.881. The normalized spacial score (nSPS) is 12.2. The van der Waals surface area contributed by atoms with Crippen LogP contribution in [-0.4, -0.2) is 21.4 Å². The minimum absolute atomic E-state index is 0.135. The molecule has 0 saturated heterocycles. The fraction of sp³-hybridized carbons (Fsp3) is 0.278. The maximum atomic E-state index is 12.8. The lowest BCUT2D eigenvalue weighted by molar-refractivity contribution is -0.122. The number of fused-ring (bicyclic) bond motifs is 1. The van der Waals surface area contributed by atoms with Crippen LogP contribution < -0.4 is 15.6 Å². The first-order valence-corrected chi connectivity index (χ1v) is 9.68. The van der Waals surface area contributed by atoms with E-state index >= 15 is 0 Å². The van der Waals surface area contributed by atoms with E-state index in [2.05, 4.69) is 10.3 Å². The molecule has 3 rings (SSSR count). The highest BCUT2D eigenvalue weighted by molar-refractivity contribution is 7.17. The Hall–Kier alpha value is -2.09. The van der Waals surface area contributed by atoms with Gasteiger partial charge in [-0.05, 0) is 45.9 Å². The van der Waals surface area contributed by atoms with Crippen LogP contribution in [0.15, 0.2) is 23.0 Å². The average molecular weight is 426 g/mol. The van der Waals surface area contributed by atoms with Crippen molar-refractivity contribution in [1.82, 2.24) is 9.38 Å². The van der Waals surface area contributed by atoms with Crippen molar-refractivity contribution in [3.05, 3.63) is 54.9 Å². The van der Waals surface area contributed by atoms with Gasteiger partial charge in [0.2, 0.25) is 0 Å². The number of nitrogens with one attached hydrogen (secondary N) is 1. The number of hydrogen-bond donors (Lipinski definition) is 1. The number of carbonyl (C=O) groups excluding carboxylic acids is 1. The van der Waals surface area contributed by atoms with Gasteiger partial charge < -0.3 is 10.1 Å². The van der Waals surface area contributed by atoms with E-state index in [4.69, 9.17) is 27.9 Å². The summed E-state index contributed by atoms with van der Waals surface area (Å²) in [7, 11) is 0. The molecule has 0 bridgehead atoms. The van der Waals surface area contributed by atoms with Gasteiger partial charge in [0.15, 0.2) is 11.1 Å². The van der Waals surface area contributed by atoms with Crippen LogP contribution in [0.1, 0.15) is 23.2 Å². The number of carbonyl (C=O) groups is 1. The van der Waals surface area contributed by atoms with Crippen molar-refractivity contribution in [3.8, 4) is 5.75 Å². The number of halogens is 2. The summed E-state index contributed by atoms with van der Waals surface area (Å²) >= 11 is 13.4. The molecule has 0 aliphatic carbocycles. The molecule has 0 aliphatic heterocycles. The Labute approximate surface area is 169 Å². The summed E-state index contributed by atoms with van der Waals surface area (Å²) in [4.78, 5) is 31.4. The minimum Gasteiger partial charge on any atom is -0.479 e. The molecule has 0 unspecified atom stereocenters. The summed E-state index contributed by atoms with van der Waals surface area (Å²) in [5.74, 6) is -0.150. The topological polar surface area (TPSA) is 72.7 Å². The first-order chi connectivity index (χ1) is 12.7. The number of hydrogen-bond acceptors (Lipinski definition) is 5. The predicted octanol–water partition coefficient (Wildman–Crippen LogP) is 4.39. The smallest absolute Gasteiger partial charge is 0.282 e. The Morgan fingerprint density at radius 3 is 2.67 bits per heavy atom. The fourth-order valence-electron chi connectivity index (χ4n) is 2.52. The number of aromatic nitrogens is 2. The zero-order valence-corrected chi connectivity index (χ0v) is 17.4. The van der Waals surface area contributed by atoms with Gasteiger partial charge in [0.1, 0.15) is 11.4 Å². The van der Waals surface area contributed by atoms with Gasteiger partial charge in [0.05, 0.1) is 10.7 Å². The second-order valence-corrected chi connectivity index (χ2v) is 8.09. The summed E-state index contributed by atoms with van der Waals surface area (Å²) in [6.45, 7) is 7.02. The average Bonchev–Trinajstić information content (AvgIpc) is 2.87. The number of aryl methyl sites for hydroxylation is 3. The molecule has 2 heterocycles. The van der Waals surface area contributed by atoms with Crippen molar-refractivity contribution in [2.75, 3.05) is 5.32 Å². The molecule has 1 atom stereocenters. The first kappa shape index (κ1) is 19.7. The number of rotatable bonds is 4. The highest BCUT2D eigenvalue weighted by Crippen LogP contribution is 2.28. The van der Waals surface area contributed by atoms with Crippen LogP contribution in [0.2, 0.25) is 10.0 Å². The molecule has 1 amide bonds. The van der Waals surface area contributed by atoms with E-state index in [0.717, 1.165) is 10.6 Å². The number of benzene rings is 1. The molecule has 1 aromatic carbocycles. The summed E-state index contributed by atoms with van der Waals surface area (Å²) in [5, 5.41) is 3.40. The van der Waals surface area contributed by atoms with Crippen LogP contribution in [-0.2, 0) is 4.79 Å². The number of nitrogens with zero attached hydrogens (tertiary/aromatic N) is 2. The maximum Gasteiger partial charge on any atom is 0.282 e. The molecule has 0 aliphatic rings. The van der Waals surface area contributed by atoms with Crippen LogP contribution in [0.5, 0.6) is 5.75 Å². The molecule has 0 spiro atoms. The molecule has 6 nitrogen and oxygen atoms in total. The van der Waals surface area contributed by atoms with Gasteiger partial charge in [-0.2, -0.15) is 0 Å². The molecular weight excluding hydrogens is 409 g/mol. The van der Waals surface area contributed by atoms with Crippen LogP contribution in [0.3, 0.4) is 0 Å². The van der Waals surface area contributed by atoms with Crippen molar-refractivity contribution in [1.29, 1.82) is 0 Å². The molecular formula is C18H17Cl2N3O3S. The van der Waals surface area contributed by atoms with E-state index in [1.165, 1.54) is 21.8 Å². The van der Waals surface area contributed by atoms with E-state index in [1.54, 1.807) is 26.0 Å². The third-order valence-electron chi connectivity index (χ3n) is 4.14. The standard InChI is InChI=1S/C18H17Cl2N3O3S/c1-8-15(17(25)23-9(2)11(4)27-18(23)21-8)22-16(24)10(3)26-14-6-5-12(19)7-13(14)20/h5-7,10H,1-4H3,(H,22,24)/t10-/m1/s1. The van der Waals surface area contributed by atoms with E-state index in [9.17, 15) is 9.59 Å². The van der Waals surface area contributed by atoms with Crippen LogP contribution in [0, 0.1) is 20.8 Å². The zero-order chi connectivity index (χ0) is 19.9. The van der Waals surface area contributed by atoms with E-state index in [1.807, 2.05) is 13.8 Å². The number of anilines is 1. The fourth-order valence-corrected chi connectivity index (χ4v) is 3.98. The Balaban J connectivity index is 1.87. The maximum absolute atomic E-state index is 12.8. The summed E-state index contributed by atoms with van der Waals surface area (Å²) in [5.41, 5.74) is 1.08. The summed E-state index contributed by atoms with van der Waals surface area (Å²) < 4.78 is 7.10. The number of amides is 1. The summed E-state index contributed by atoms with van der Waals surface area (Å²) in [6, 6.07) is 4.72. The van der Waals surface area contributed by atoms with E-state index in [0.29, 0.717) is 26.4 Å². The van der Waals surface area contributed by atoms with Gasteiger partial charge in [-0.1, -0.05) is 23.2 Å². The highest BCUT2D eigenvalue weighted by Gasteiger charge is 2.21. The molecule has 0 saturated carbocycles. The monoisotopic (exact) mass is 425 g/mol. The van der Waals surface area contributed by atoms with Gasteiger partial charge in [-0.3, -0.25) is 14.0 Å². The molecule has 9 heteroatoms. The van der Waals surface area contributed by atoms with Gasteiger partial charge in [0.25, 0.3) is 11.5 Å². The Bertz CT molecular complexity index is 1110. The van der Waals surface area contributed by atoms with E-state index in [-0.39, 0.29) is 11.2 Å². The molecule has 0 radical (unpaired) electrons. The number of ether oxygens (including phenoxy) is 1.